The van der Waals surface area contributed by atoms with Gasteiger partial charge in [-0.1, -0.05) is 0 Å². The number of β-amino-alcohol motifs (C(OH)–C–C–N with tert-alkyl or cyclic N) is 2. The average molecular weight is 405 g/mol. The highest BCUT2D eigenvalue weighted by Crippen LogP contribution is 2.16. The average Bonchev–Trinajstić information content (AvgIpc) is 3.54. The monoisotopic (exact) mass is 404 g/mol. The van der Waals surface area contributed by atoms with E-state index in [9.17, 15) is 10.2 Å². The highest BCUT2D eigenvalue weighted by atomic mass is 16.5. The van der Waals surface area contributed by atoms with Gasteiger partial charge in [0.1, 0.15) is 0 Å². The predicted molar refractivity (Wildman–Crippen MR) is 107 cm³/mol. The molecule has 166 valence electrons. The summed E-state index contributed by atoms with van der Waals surface area (Å²) in [6.07, 6.45) is 0.843. The summed E-state index contributed by atoms with van der Waals surface area (Å²) in [6.45, 7) is 12.3. The molecule has 28 heavy (non-hydrogen) atoms. The van der Waals surface area contributed by atoms with Gasteiger partial charge in [0, 0.05) is 64.7 Å². The largest absolute Gasteiger partial charge is 0.389 e. The molecule has 0 aromatic carbocycles. The van der Waals surface area contributed by atoms with E-state index in [0.717, 1.165) is 25.9 Å². The van der Waals surface area contributed by atoms with Crippen LogP contribution in [0, 0.1) is 0 Å². The molecule has 0 spiro atoms. The van der Waals surface area contributed by atoms with E-state index in [2.05, 4.69) is 23.6 Å². The molecular formula is C20H40N2O6. The van der Waals surface area contributed by atoms with Crippen LogP contribution >= 0.6 is 0 Å². The molecule has 0 aliphatic carbocycles. The fourth-order valence-corrected chi connectivity index (χ4v) is 3.03. The number of aliphatic hydroxyl groups excluding tert-OH is 2. The van der Waals surface area contributed by atoms with Crippen molar-refractivity contribution in [2.24, 2.45) is 0 Å². The van der Waals surface area contributed by atoms with Gasteiger partial charge in [0.05, 0.1) is 38.6 Å². The molecular weight excluding hydrogens is 364 g/mol. The molecule has 0 aromatic rings. The number of aliphatic hydroxyl groups is 2. The second kappa shape index (κ2) is 13.8. The van der Waals surface area contributed by atoms with Crippen molar-refractivity contribution in [3.8, 4) is 0 Å². The molecule has 2 saturated heterocycles. The summed E-state index contributed by atoms with van der Waals surface area (Å²) in [5, 5.41) is 19.6. The van der Waals surface area contributed by atoms with E-state index >= 15 is 0 Å². The molecule has 2 aliphatic rings. The zero-order valence-corrected chi connectivity index (χ0v) is 17.6. The third kappa shape index (κ3) is 11.6. The van der Waals surface area contributed by atoms with E-state index < -0.39 is 12.2 Å². The second-order valence-electron chi connectivity index (χ2n) is 8.00. The minimum atomic E-state index is -0.397. The molecule has 2 fully saturated rings. The normalized spacial score (nSPS) is 28.3. The fraction of sp³-hybridized carbons (Fsp3) is 1.00. The Bertz CT molecular complexity index is 367. The number of ether oxygens (including phenoxy) is 4. The van der Waals surface area contributed by atoms with Gasteiger partial charge < -0.3 is 29.2 Å². The lowest BCUT2D eigenvalue weighted by molar-refractivity contribution is 0.00265. The molecule has 0 saturated carbocycles. The van der Waals surface area contributed by atoms with E-state index in [1.165, 1.54) is 0 Å². The second-order valence-corrected chi connectivity index (χ2v) is 8.00. The van der Waals surface area contributed by atoms with Gasteiger partial charge in [-0.25, -0.2) is 0 Å². The Kier molecular flexibility index (Phi) is 11.8. The first-order valence-electron chi connectivity index (χ1n) is 10.7. The van der Waals surface area contributed by atoms with Crippen LogP contribution in [0.15, 0.2) is 0 Å². The highest BCUT2D eigenvalue weighted by molar-refractivity contribution is 4.86. The molecule has 0 aromatic heterocycles. The van der Waals surface area contributed by atoms with Crippen molar-refractivity contribution in [2.45, 2.75) is 51.0 Å². The van der Waals surface area contributed by atoms with E-state index in [-0.39, 0.29) is 0 Å². The summed E-state index contributed by atoms with van der Waals surface area (Å²) in [7, 11) is 0. The zero-order valence-electron chi connectivity index (χ0n) is 17.6. The third-order valence-corrected chi connectivity index (χ3v) is 5.01. The van der Waals surface area contributed by atoms with Crippen molar-refractivity contribution < 1.29 is 29.2 Å². The first-order chi connectivity index (χ1) is 13.6. The summed E-state index contributed by atoms with van der Waals surface area (Å²) in [6, 6.07) is 1.23. The Labute approximate surface area is 169 Å². The van der Waals surface area contributed by atoms with Gasteiger partial charge in [-0.15, -0.1) is 0 Å². The van der Waals surface area contributed by atoms with Crippen LogP contribution in [-0.2, 0) is 18.9 Å². The first kappa shape index (κ1) is 24.0. The van der Waals surface area contributed by atoms with Gasteiger partial charge >= 0.3 is 0 Å². The van der Waals surface area contributed by atoms with Crippen LogP contribution in [0.3, 0.4) is 0 Å². The van der Waals surface area contributed by atoms with Gasteiger partial charge in [-0.2, -0.15) is 0 Å². The quantitative estimate of drug-likeness (QED) is 0.229. The molecule has 8 nitrogen and oxygen atoms in total. The van der Waals surface area contributed by atoms with Crippen LogP contribution in [0.2, 0.25) is 0 Å². The lowest BCUT2D eigenvalue weighted by Gasteiger charge is -2.12. The van der Waals surface area contributed by atoms with Crippen molar-refractivity contribution in [1.29, 1.82) is 0 Å². The predicted octanol–water partition coefficient (Wildman–Crippen LogP) is -0.0370. The van der Waals surface area contributed by atoms with Crippen LogP contribution in [0.5, 0.6) is 0 Å². The van der Waals surface area contributed by atoms with Crippen molar-refractivity contribution in [3.63, 3.8) is 0 Å². The standard InChI is InChI=1S/C20H40N2O6/c1-17-11-21(17)13-19(23)15-27-7-3-5-25-9-10-26-6-4-8-28-16-20(24)14-22-12-18(22)2/h17-20,23-24H,3-16H2,1-2H3. The van der Waals surface area contributed by atoms with Gasteiger partial charge in [-0.05, 0) is 26.7 Å². The number of rotatable bonds is 19. The molecule has 6 atom stereocenters. The smallest absolute Gasteiger partial charge is 0.0900 e. The van der Waals surface area contributed by atoms with Gasteiger partial charge in [0.2, 0.25) is 0 Å². The van der Waals surface area contributed by atoms with E-state index in [0.29, 0.717) is 78.0 Å². The molecule has 2 N–H and O–H groups in total. The lowest BCUT2D eigenvalue weighted by Crippen LogP contribution is -2.25. The minimum absolute atomic E-state index is 0.392. The zero-order chi connectivity index (χ0) is 20.2. The summed E-state index contributed by atoms with van der Waals surface area (Å²) in [5.74, 6) is 0. The first-order valence-corrected chi connectivity index (χ1v) is 10.7. The Morgan fingerprint density at radius 2 is 1.04 bits per heavy atom. The molecule has 8 heteroatoms. The van der Waals surface area contributed by atoms with Crippen LogP contribution < -0.4 is 0 Å². The topological polar surface area (TPSA) is 83.4 Å². The van der Waals surface area contributed by atoms with Crippen LogP contribution in [0.4, 0.5) is 0 Å². The number of hydrogen-bond donors (Lipinski definition) is 2. The number of nitrogens with zero attached hydrogens (tertiary/aromatic N) is 2. The molecule has 6 unspecified atom stereocenters. The number of hydrogen-bond acceptors (Lipinski definition) is 8. The SMILES string of the molecule is CC1CN1CC(O)COCCCOCCOCCCOCC(O)CN1CC1C. The Hall–Kier alpha value is -0.320. The Morgan fingerprint density at radius 3 is 1.39 bits per heavy atom. The van der Waals surface area contributed by atoms with E-state index in [1.807, 2.05) is 0 Å². The summed E-state index contributed by atoms with van der Waals surface area (Å²) in [5.41, 5.74) is 0. The molecule has 2 aliphatic heterocycles. The van der Waals surface area contributed by atoms with Crippen LogP contribution in [0.1, 0.15) is 26.7 Å². The van der Waals surface area contributed by atoms with Crippen molar-refractivity contribution >= 4 is 0 Å². The van der Waals surface area contributed by atoms with Crippen molar-refractivity contribution in [3.05, 3.63) is 0 Å². The van der Waals surface area contributed by atoms with Crippen molar-refractivity contribution in [2.75, 3.05) is 79.0 Å². The van der Waals surface area contributed by atoms with Crippen molar-refractivity contribution in [1.82, 2.24) is 9.80 Å². The van der Waals surface area contributed by atoms with Crippen LogP contribution in [0.25, 0.3) is 0 Å². The van der Waals surface area contributed by atoms with Gasteiger partial charge in [-0.3, -0.25) is 9.80 Å². The maximum absolute atomic E-state index is 9.79. The van der Waals surface area contributed by atoms with Gasteiger partial charge in [0.25, 0.3) is 0 Å². The maximum atomic E-state index is 9.79. The third-order valence-electron chi connectivity index (χ3n) is 5.01. The maximum Gasteiger partial charge on any atom is 0.0900 e. The lowest BCUT2D eigenvalue weighted by atomic mass is 10.4. The molecule has 0 bridgehead atoms. The van der Waals surface area contributed by atoms with E-state index in [1.54, 1.807) is 0 Å². The minimum Gasteiger partial charge on any atom is -0.389 e. The summed E-state index contributed by atoms with van der Waals surface area (Å²) >= 11 is 0. The molecule has 2 rings (SSSR count). The molecule has 0 amide bonds. The van der Waals surface area contributed by atoms with Crippen LogP contribution in [-0.4, -0.2) is 123 Å². The fourth-order valence-electron chi connectivity index (χ4n) is 3.03. The van der Waals surface area contributed by atoms with Gasteiger partial charge in [0.15, 0.2) is 0 Å². The molecule has 0 radical (unpaired) electrons. The highest BCUT2D eigenvalue weighted by Gasteiger charge is 2.31. The summed E-state index contributed by atoms with van der Waals surface area (Å²) in [4.78, 5) is 4.45. The Balaban J connectivity index is 1.22. The Morgan fingerprint density at radius 1 is 0.679 bits per heavy atom. The molecule has 2 heterocycles. The van der Waals surface area contributed by atoms with E-state index in [4.69, 9.17) is 18.9 Å². The summed E-state index contributed by atoms with van der Waals surface area (Å²) < 4.78 is 21.9.